The van der Waals surface area contributed by atoms with Crippen LogP contribution in [-0.4, -0.2) is 24.6 Å². The third kappa shape index (κ3) is 3.73. The zero-order chi connectivity index (χ0) is 16.3. The molecular weight excluding hydrogens is 307 g/mol. The van der Waals surface area contributed by atoms with Crippen molar-refractivity contribution in [2.24, 2.45) is 7.05 Å². The number of halogens is 1. The maximum Gasteiger partial charge on any atom is 0.240 e. The van der Waals surface area contributed by atoms with Gasteiger partial charge in [-0.05, 0) is 49.2 Å². The first-order chi connectivity index (χ1) is 10.3. The number of hydrogen-bond donors (Lipinski definition) is 2. The normalized spacial score (nSPS) is 13.3. The molecule has 1 aromatic heterocycles. The Morgan fingerprint density at radius 1 is 1.36 bits per heavy atom. The fraction of sp³-hybridized carbons (Fsp3) is 0.333. The van der Waals surface area contributed by atoms with Gasteiger partial charge in [-0.25, -0.2) is 17.5 Å². The Morgan fingerprint density at radius 2 is 2.09 bits per heavy atom. The molecule has 0 amide bonds. The van der Waals surface area contributed by atoms with Gasteiger partial charge in [0.2, 0.25) is 10.0 Å². The van der Waals surface area contributed by atoms with Crippen molar-refractivity contribution >= 4 is 10.0 Å². The summed E-state index contributed by atoms with van der Waals surface area (Å²) in [5, 5.41) is 10.0. The Bertz CT molecular complexity index is 756. The van der Waals surface area contributed by atoms with Crippen LogP contribution in [-0.2, 0) is 17.1 Å². The van der Waals surface area contributed by atoms with E-state index >= 15 is 0 Å². The number of sulfonamides is 1. The van der Waals surface area contributed by atoms with E-state index in [1.54, 1.807) is 10.6 Å². The van der Waals surface area contributed by atoms with Gasteiger partial charge in [0.25, 0.3) is 0 Å². The monoisotopic (exact) mass is 326 g/mol. The van der Waals surface area contributed by atoms with Gasteiger partial charge in [0.15, 0.2) is 0 Å². The van der Waals surface area contributed by atoms with E-state index in [1.165, 1.54) is 19.1 Å². The van der Waals surface area contributed by atoms with Crippen LogP contribution in [0.25, 0.3) is 0 Å². The Labute approximate surface area is 129 Å². The smallest absolute Gasteiger partial charge is 0.240 e. The van der Waals surface area contributed by atoms with Crippen LogP contribution in [0.15, 0.2) is 41.4 Å². The minimum Gasteiger partial charge on any atom is -0.387 e. The summed E-state index contributed by atoms with van der Waals surface area (Å²) in [6.07, 6.45) is 1.30. The Hall–Kier alpha value is -1.70. The molecule has 7 heteroatoms. The number of aryl methyl sites for hydroxylation is 2. The second-order valence-electron chi connectivity index (χ2n) is 5.16. The molecule has 22 heavy (non-hydrogen) atoms. The zero-order valence-corrected chi connectivity index (χ0v) is 13.3. The predicted molar refractivity (Wildman–Crippen MR) is 81.3 cm³/mol. The van der Waals surface area contributed by atoms with E-state index in [2.05, 4.69) is 4.72 Å². The van der Waals surface area contributed by atoms with E-state index < -0.39 is 21.9 Å². The second kappa shape index (κ2) is 6.60. The molecule has 0 spiro atoms. The summed E-state index contributed by atoms with van der Waals surface area (Å²) in [6.45, 7) is 1.63. The van der Waals surface area contributed by atoms with Crippen LogP contribution in [0.4, 0.5) is 4.39 Å². The quantitative estimate of drug-likeness (QED) is 0.851. The summed E-state index contributed by atoms with van der Waals surface area (Å²) >= 11 is 0. The highest BCUT2D eigenvalue weighted by atomic mass is 32.2. The molecule has 5 nitrogen and oxygen atoms in total. The van der Waals surface area contributed by atoms with Crippen LogP contribution in [0.1, 0.15) is 23.8 Å². The third-order valence-electron chi connectivity index (χ3n) is 3.46. The largest absolute Gasteiger partial charge is 0.387 e. The summed E-state index contributed by atoms with van der Waals surface area (Å²) < 4.78 is 41.6. The number of hydrogen-bond acceptors (Lipinski definition) is 3. The first-order valence-corrected chi connectivity index (χ1v) is 8.34. The number of aliphatic hydroxyl groups excluding tert-OH is 1. The lowest BCUT2D eigenvalue weighted by Gasteiger charge is -2.13. The Kier molecular flexibility index (Phi) is 5.00. The van der Waals surface area contributed by atoms with Crippen molar-refractivity contribution in [1.82, 2.24) is 9.29 Å². The highest BCUT2D eigenvalue weighted by molar-refractivity contribution is 7.89. The highest BCUT2D eigenvalue weighted by Gasteiger charge is 2.18. The average molecular weight is 326 g/mol. The molecule has 1 aromatic carbocycles. The number of aromatic nitrogens is 1. The molecule has 0 unspecified atom stereocenters. The molecule has 0 aliphatic carbocycles. The summed E-state index contributed by atoms with van der Waals surface area (Å²) in [7, 11) is -1.91. The van der Waals surface area contributed by atoms with E-state index in [0.29, 0.717) is 5.56 Å². The lowest BCUT2D eigenvalue weighted by molar-refractivity contribution is 0.161. The predicted octanol–water partition coefficient (Wildman–Crippen LogP) is 1.87. The van der Waals surface area contributed by atoms with Crippen molar-refractivity contribution < 1.29 is 17.9 Å². The summed E-state index contributed by atoms with van der Waals surface area (Å²) in [5.41, 5.74) is 1.06. The fourth-order valence-electron chi connectivity index (χ4n) is 2.29. The number of aliphatic hydroxyl groups is 1. The molecule has 2 aromatic rings. The minimum atomic E-state index is -3.72. The minimum absolute atomic E-state index is 0.0438. The van der Waals surface area contributed by atoms with E-state index in [0.717, 1.165) is 11.8 Å². The van der Waals surface area contributed by atoms with Crippen molar-refractivity contribution in [3.63, 3.8) is 0 Å². The maximum absolute atomic E-state index is 13.0. The molecular formula is C15H19FN2O3S. The van der Waals surface area contributed by atoms with Gasteiger partial charge >= 0.3 is 0 Å². The lowest BCUT2D eigenvalue weighted by Crippen LogP contribution is -2.26. The van der Waals surface area contributed by atoms with Crippen molar-refractivity contribution in [2.75, 3.05) is 6.54 Å². The molecule has 1 atom stereocenters. The molecule has 2 N–H and O–H groups in total. The number of rotatable bonds is 6. The van der Waals surface area contributed by atoms with E-state index in [4.69, 9.17) is 0 Å². The third-order valence-corrected chi connectivity index (χ3v) is 5.08. The van der Waals surface area contributed by atoms with E-state index in [1.807, 2.05) is 19.3 Å². The van der Waals surface area contributed by atoms with Crippen molar-refractivity contribution in [1.29, 1.82) is 0 Å². The molecule has 1 heterocycles. The molecule has 0 fully saturated rings. The van der Waals surface area contributed by atoms with Crippen LogP contribution >= 0.6 is 0 Å². The topological polar surface area (TPSA) is 71.3 Å². The summed E-state index contributed by atoms with van der Waals surface area (Å²) in [4.78, 5) is 0.0438. The molecule has 0 saturated carbocycles. The molecule has 0 radical (unpaired) electrons. The average Bonchev–Trinajstić information content (AvgIpc) is 2.84. The molecule has 2 rings (SSSR count). The number of benzene rings is 1. The van der Waals surface area contributed by atoms with Gasteiger partial charge in [-0.2, -0.15) is 0 Å². The van der Waals surface area contributed by atoms with Crippen molar-refractivity contribution in [3.05, 3.63) is 53.6 Å². The van der Waals surface area contributed by atoms with Crippen LogP contribution < -0.4 is 4.72 Å². The highest BCUT2D eigenvalue weighted by Crippen LogP contribution is 2.18. The fourth-order valence-corrected chi connectivity index (χ4v) is 3.56. The Balaban J connectivity index is 2.00. The van der Waals surface area contributed by atoms with Gasteiger partial charge in [0, 0.05) is 25.5 Å². The number of nitrogens with zero attached hydrogens (tertiary/aromatic N) is 1. The van der Waals surface area contributed by atoms with Crippen LogP contribution in [0.5, 0.6) is 0 Å². The molecule has 0 aliphatic heterocycles. The van der Waals surface area contributed by atoms with Gasteiger partial charge < -0.3 is 9.67 Å². The first kappa shape index (κ1) is 16.7. The molecule has 120 valence electrons. The van der Waals surface area contributed by atoms with E-state index in [-0.39, 0.29) is 17.9 Å². The van der Waals surface area contributed by atoms with Crippen molar-refractivity contribution in [2.45, 2.75) is 24.3 Å². The maximum atomic E-state index is 13.0. The molecule has 0 bridgehead atoms. The van der Waals surface area contributed by atoms with Crippen LogP contribution in [0, 0.1) is 12.7 Å². The zero-order valence-electron chi connectivity index (χ0n) is 12.5. The van der Waals surface area contributed by atoms with Gasteiger partial charge in [-0.3, -0.25) is 0 Å². The van der Waals surface area contributed by atoms with E-state index in [9.17, 15) is 17.9 Å². The van der Waals surface area contributed by atoms with Gasteiger partial charge in [0.05, 0.1) is 11.0 Å². The second-order valence-corrected chi connectivity index (χ2v) is 6.89. The number of nitrogens with one attached hydrogen (secondary N) is 1. The first-order valence-electron chi connectivity index (χ1n) is 6.86. The van der Waals surface area contributed by atoms with Crippen molar-refractivity contribution in [3.8, 4) is 0 Å². The lowest BCUT2D eigenvalue weighted by atomic mass is 10.2. The van der Waals surface area contributed by atoms with Gasteiger partial charge in [-0.15, -0.1) is 0 Å². The standard InChI is InChI=1S/C15H19FN2O3S/c1-11-10-12(16)5-6-15(11)22(20,21)17-8-7-14(19)13-4-3-9-18(13)2/h3-6,9-10,14,17,19H,7-8H2,1-2H3/t14-/m0/s1. The molecule has 0 saturated heterocycles. The summed E-state index contributed by atoms with van der Waals surface area (Å²) in [6, 6.07) is 7.11. The Morgan fingerprint density at radius 3 is 2.68 bits per heavy atom. The van der Waals surface area contributed by atoms with Gasteiger partial charge in [-0.1, -0.05) is 0 Å². The van der Waals surface area contributed by atoms with Gasteiger partial charge in [0.1, 0.15) is 5.82 Å². The summed E-state index contributed by atoms with van der Waals surface area (Å²) in [5.74, 6) is -0.476. The molecule has 0 aliphatic rings. The van der Waals surface area contributed by atoms with Crippen LogP contribution in [0.3, 0.4) is 0 Å². The SMILES string of the molecule is Cc1cc(F)ccc1S(=O)(=O)NCC[C@H](O)c1cccn1C. The van der Waals surface area contributed by atoms with Crippen LogP contribution in [0.2, 0.25) is 0 Å².